The second-order valence-electron chi connectivity index (χ2n) is 8.32. The normalized spacial score (nSPS) is 15.1. The first-order chi connectivity index (χ1) is 17.2. The first-order valence-corrected chi connectivity index (χ1v) is 11.5. The van der Waals surface area contributed by atoms with E-state index in [1.54, 1.807) is 23.8 Å². The fourth-order valence-electron chi connectivity index (χ4n) is 3.61. The number of rotatable bonds is 11. The Morgan fingerprint density at radius 2 is 1.86 bits per heavy atom. The van der Waals surface area contributed by atoms with Crippen molar-refractivity contribution >= 4 is 17.5 Å². The number of alkyl halides is 3. The van der Waals surface area contributed by atoms with Crippen LogP contribution in [0.1, 0.15) is 24.0 Å². The number of carbonyl (C=O) groups excluding carboxylic acids is 1. The first-order valence-electron chi connectivity index (χ1n) is 11.5. The van der Waals surface area contributed by atoms with E-state index in [1.807, 2.05) is 0 Å². The largest absolute Gasteiger partial charge is 0.419 e. The van der Waals surface area contributed by atoms with Crippen molar-refractivity contribution in [3.8, 4) is 0 Å². The van der Waals surface area contributed by atoms with Crippen LogP contribution in [0.25, 0.3) is 0 Å². The van der Waals surface area contributed by atoms with Crippen molar-refractivity contribution in [1.82, 2.24) is 25.1 Å². The van der Waals surface area contributed by atoms with Crippen molar-refractivity contribution in [3.05, 3.63) is 40.1 Å². The van der Waals surface area contributed by atoms with E-state index in [-0.39, 0.29) is 36.5 Å². The van der Waals surface area contributed by atoms with Gasteiger partial charge in [-0.05, 0) is 13.3 Å². The number of H-pyrrole nitrogens is 1. The Balaban J connectivity index is 1.41. The number of halogens is 3. The van der Waals surface area contributed by atoms with Crippen molar-refractivity contribution in [2.24, 2.45) is 0 Å². The number of carbonyl (C=O) groups is 1. The second kappa shape index (κ2) is 12.6. The zero-order valence-corrected chi connectivity index (χ0v) is 20.2. The summed E-state index contributed by atoms with van der Waals surface area (Å²) in [6.07, 6.45) is -0.596. The van der Waals surface area contributed by atoms with E-state index < -0.39 is 11.7 Å². The van der Waals surface area contributed by atoms with Gasteiger partial charge in [-0.2, -0.15) is 18.3 Å². The van der Waals surface area contributed by atoms with Gasteiger partial charge in [0.15, 0.2) is 0 Å². The number of amides is 1. The Morgan fingerprint density at radius 3 is 2.50 bits per heavy atom. The molecule has 3 heterocycles. The molecule has 0 radical (unpaired) electrons. The minimum Gasteiger partial charge on any atom is -0.385 e. The molecule has 36 heavy (non-hydrogen) atoms. The van der Waals surface area contributed by atoms with Gasteiger partial charge in [0.2, 0.25) is 11.9 Å². The van der Waals surface area contributed by atoms with Gasteiger partial charge >= 0.3 is 6.18 Å². The van der Waals surface area contributed by atoms with Crippen LogP contribution >= 0.6 is 0 Å². The number of aromatic amines is 1. The van der Waals surface area contributed by atoms with Gasteiger partial charge in [-0.1, -0.05) is 0 Å². The van der Waals surface area contributed by atoms with E-state index in [0.717, 1.165) is 12.4 Å². The topological polar surface area (TPSA) is 126 Å². The summed E-state index contributed by atoms with van der Waals surface area (Å²) in [5.41, 5.74) is -0.0520. The van der Waals surface area contributed by atoms with Crippen molar-refractivity contribution < 1.29 is 27.4 Å². The molecular formula is C22H30F3N7O4. The van der Waals surface area contributed by atoms with Gasteiger partial charge in [-0.3, -0.25) is 9.59 Å². The van der Waals surface area contributed by atoms with Crippen LogP contribution < -0.4 is 15.8 Å². The van der Waals surface area contributed by atoms with Crippen LogP contribution in [0.3, 0.4) is 0 Å². The molecule has 2 N–H and O–H groups in total. The van der Waals surface area contributed by atoms with Crippen LogP contribution in [0, 0.1) is 6.92 Å². The molecule has 0 unspecified atom stereocenters. The van der Waals surface area contributed by atoms with Crippen molar-refractivity contribution in [1.29, 1.82) is 0 Å². The Kier molecular flexibility index (Phi) is 9.58. The van der Waals surface area contributed by atoms with Gasteiger partial charge < -0.3 is 24.6 Å². The van der Waals surface area contributed by atoms with Crippen molar-refractivity contribution in [3.63, 3.8) is 0 Å². The van der Waals surface area contributed by atoms with E-state index in [2.05, 4.69) is 25.5 Å². The fourth-order valence-corrected chi connectivity index (χ4v) is 3.61. The highest BCUT2D eigenvalue weighted by atomic mass is 19.4. The number of aromatic nitrogens is 4. The van der Waals surface area contributed by atoms with Gasteiger partial charge in [0, 0.05) is 57.9 Å². The number of hydrogen-bond donors (Lipinski definition) is 2. The summed E-state index contributed by atoms with van der Waals surface area (Å²) in [7, 11) is 1.60. The molecule has 14 heteroatoms. The van der Waals surface area contributed by atoms with E-state index in [9.17, 15) is 22.8 Å². The molecule has 1 saturated heterocycles. The zero-order chi connectivity index (χ0) is 26.1. The maximum Gasteiger partial charge on any atom is 0.419 e. The zero-order valence-electron chi connectivity index (χ0n) is 20.2. The van der Waals surface area contributed by atoms with Gasteiger partial charge in [0.25, 0.3) is 5.56 Å². The molecule has 3 rings (SSSR count). The Labute approximate surface area is 206 Å². The van der Waals surface area contributed by atoms with E-state index >= 15 is 0 Å². The summed E-state index contributed by atoms with van der Waals surface area (Å²) >= 11 is 0. The number of nitrogens with zero attached hydrogens (tertiary/aromatic N) is 5. The number of methoxy groups -OCH3 is 1. The minimum absolute atomic E-state index is 0.0703. The van der Waals surface area contributed by atoms with Crippen LogP contribution in [-0.2, 0) is 20.4 Å². The lowest BCUT2D eigenvalue weighted by molar-refractivity contribution is -0.138. The lowest BCUT2D eigenvalue weighted by atomic mass is 10.2. The third kappa shape index (κ3) is 7.62. The highest BCUT2D eigenvalue weighted by Gasteiger charge is 2.32. The summed E-state index contributed by atoms with van der Waals surface area (Å²) in [6.45, 7) is 4.38. The molecule has 1 fully saturated rings. The summed E-state index contributed by atoms with van der Waals surface area (Å²) in [5.74, 6) is 0.137. The van der Waals surface area contributed by atoms with Gasteiger partial charge in [-0.15, -0.1) is 0 Å². The molecule has 11 nitrogen and oxygen atoms in total. The Hall–Kier alpha value is -3.26. The van der Waals surface area contributed by atoms with Gasteiger partial charge in [0.1, 0.15) is 0 Å². The predicted molar refractivity (Wildman–Crippen MR) is 125 cm³/mol. The minimum atomic E-state index is -4.48. The van der Waals surface area contributed by atoms with Crippen molar-refractivity contribution in [2.75, 3.05) is 63.3 Å². The van der Waals surface area contributed by atoms with Gasteiger partial charge in [0.05, 0.1) is 43.1 Å². The van der Waals surface area contributed by atoms with Gasteiger partial charge in [-0.25, -0.2) is 15.1 Å². The van der Waals surface area contributed by atoms with Crippen LogP contribution in [0.2, 0.25) is 0 Å². The van der Waals surface area contributed by atoms with Crippen LogP contribution in [-0.4, -0.2) is 90.1 Å². The first kappa shape index (κ1) is 27.3. The van der Waals surface area contributed by atoms with Crippen LogP contribution in [0.4, 0.5) is 24.8 Å². The molecular weight excluding hydrogens is 483 g/mol. The highest BCUT2D eigenvalue weighted by molar-refractivity contribution is 5.76. The standard InChI is InChI=1S/C22H30F3N7O4/c1-15-18(13-28-30-20(15)34)29-17(3-9-35-2)14-36-10-4-19(33)31-5-7-32(8-6-31)21-26-11-16(12-27-21)22(23,24)25/h11-13,17H,3-10,14H2,1-2H3,(H2,29,30,34)/t17-/m0/s1. The third-order valence-electron chi connectivity index (χ3n) is 5.79. The average molecular weight is 514 g/mol. The Morgan fingerprint density at radius 1 is 1.17 bits per heavy atom. The molecule has 1 aliphatic rings. The molecule has 0 aromatic carbocycles. The van der Waals surface area contributed by atoms with E-state index in [0.29, 0.717) is 57.1 Å². The summed E-state index contributed by atoms with van der Waals surface area (Å²) in [5, 5.41) is 9.43. The number of ether oxygens (including phenoxy) is 2. The SMILES string of the molecule is COCC[C@@H](COCCC(=O)N1CCN(c2ncc(C(F)(F)F)cn2)CC1)Nc1cn[nH]c(=O)c1C. The number of anilines is 2. The molecule has 1 atom stereocenters. The summed E-state index contributed by atoms with van der Waals surface area (Å²) in [6, 6.07) is -0.144. The van der Waals surface area contributed by atoms with Crippen molar-refractivity contribution in [2.45, 2.75) is 32.0 Å². The van der Waals surface area contributed by atoms with E-state index in [1.165, 1.54) is 6.20 Å². The summed E-state index contributed by atoms with van der Waals surface area (Å²) in [4.78, 5) is 35.4. The van der Waals surface area contributed by atoms with E-state index in [4.69, 9.17) is 9.47 Å². The number of piperazine rings is 1. The molecule has 1 aliphatic heterocycles. The molecule has 2 aromatic heterocycles. The molecule has 198 valence electrons. The maximum atomic E-state index is 12.7. The molecule has 0 aliphatic carbocycles. The molecule has 2 aromatic rings. The quantitative estimate of drug-likeness (QED) is 0.430. The maximum absolute atomic E-state index is 12.7. The Bertz CT molecular complexity index is 1040. The lowest BCUT2D eigenvalue weighted by Crippen LogP contribution is -2.49. The third-order valence-corrected chi connectivity index (χ3v) is 5.79. The fraction of sp³-hybridized carbons (Fsp3) is 0.591. The highest BCUT2D eigenvalue weighted by Crippen LogP contribution is 2.28. The van der Waals surface area contributed by atoms with Crippen LogP contribution in [0.5, 0.6) is 0 Å². The number of hydrogen-bond acceptors (Lipinski definition) is 9. The second-order valence-corrected chi connectivity index (χ2v) is 8.32. The molecule has 0 bridgehead atoms. The smallest absolute Gasteiger partial charge is 0.385 e. The molecule has 0 spiro atoms. The lowest BCUT2D eigenvalue weighted by Gasteiger charge is -2.34. The predicted octanol–water partition coefficient (Wildman–Crippen LogP) is 1.46. The monoisotopic (exact) mass is 513 g/mol. The summed E-state index contributed by atoms with van der Waals surface area (Å²) < 4.78 is 48.9. The molecule has 1 amide bonds. The average Bonchev–Trinajstić information content (AvgIpc) is 2.87. The number of nitrogens with one attached hydrogen (secondary N) is 2. The van der Waals surface area contributed by atoms with Crippen LogP contribution in [0.15, 0.2) is 23.4 Å². The molecule has 0 saturated carbocycles.